The van der Waals surface area contributed by atoms with Gasteiger partial charge in [-0.2, -0.15) is 0 Å². The first kappa shape index (κ1) is 9.49. The zero-order valence-corrected chi connectivity index (χ0v) is 8.66. The van der Waals surface area contributed by atoms with Gasteiger partial charge in [0.25, 0.3) is 0 Å². The molecule has 1 atom stereocenters. The van der Waals surface area contributed by atoms with Crippen molar-refractivity contribution in [3.63, 3.8) is 0 Å². The Bertz CT molecular complexity index is 338. The predicted molar refractivity (Wildman–Crippen MR) is 56.9 cm³/mol. The van der Waals surface area contributed by atoms with Crippen LogP contribution in [0, 0.1) is 0 Å². The maximum absolute atomic E-state index is 5.77. The van der Waals surface area contributed by atoms with Crippen LogP contribution in [0.25, 0.3) is 0 Å². The van der Waals surface area contributed by atoms with Crippen LogP contribution in [-0.2, 0) is 11.2 Å². The maximum atomic E-state index is 5.77. The van der Waals surface area contributed by atoms with Crippen molar-refractivity contribution in [1.29, 1.82) is 0 Å². The number of nitrogen functional groups attached to an aromatic ring is 1. The number of rotatable bonds is 1. The minimum Gasteiger partial charge on any atom is -0.399 e. The molecule has 0 aromatic heterocycles. The molecule has 0 fully saturated rings. The van der Waals surface area contributed by atoms with Crippen LogP contribution in [0.5, 0.6) is 0 Å². The van der Waals surface area contributed by atoms with Gasteiger partial charge < -0.3 is 10.5 Å². The summed E-state index contributed by atoms with van der Waals surface area (Å²) < 4.78 is 5.46. The molecular formula is C11H16N2O. The second-order valence-electron chi connectivity index (χ2n) is 3.78. The van der Waals surface area contributed by atoms with Crippen LogP contribution in [0.3, 0.4) is 0 Å². The summed E-state index contributed by atoms with van der Waals surface area (Å²) in [5, 5.41) is 0. The van der Waals surface area contributed by atoms with E-state index in [4.69, 9.17) is 10.5 Å². The Morgan fingerprint density at radius 3 is 3.00 bits per heavy atom. The predicted octanol–water partition coefficient (Wildman–Crippen LogP) is 1.40. The van der Waals surface area contributed by atoms with Crippen molar-refractivity contribution in [2.24, 2.45) is 0 Å². The summed E-state index contributed by atoms with van der Waals surface area (Å²) in [6, 6.07) is 6.07. The Morgan fingerprint density at radius 2 is 2.29 bits per heavy atom. The molecule has 1 aliphatic rings. The van der Waals surface area contributed by atoms with Gasteiger partial charge in [0.2, 0.25) is 0 Å². The van der Waals surface area contributed by atoms with Gasteiger partial charge >= 0.3 is 0 Å². The fraction of sp³-hybridized carbons (Fsp3) is 0.455. The third kappa shape index (κ3) is 1.49. The molecule has 0 spiro atoms. The SMILES string of the molecule is COC1c2cc(N)ccc2CCN1C. The van der Waals surface area contributed by atoms with E-state index in [-0.39, 0.29) is 6.23 Å². The number of nitrogens with two attached hydrogens (primary N) is 1. The highest BCUT2D eigenvalue weighted by molar-refractivity contribution is 5.46. The number of hydrogen-bond donors (Lipinski definition) is 1. The Hall–Kier alpha value is -1.06. The van der Waals surface area contributed by atoms with E-state index in [0.29, 0.717) is 0 Å². The van der Waals surface area contributed by atoms with E-state index in [1.165, 1.54) is 11.1 Å². The first-order chi connectivity index (χ1) is 6.72. The van der Waals surface area contributed by atoms with E-state index >= 15 is 0 Å². The van der Waals surface area contributed by atoms with E-state index in [1.807, 2.05) is 12.1 Å². The second-order valence-corrected chi connectivity index (χ2v) is 3.78. The third-order valence-electron chi connectivity index (χ3n) is 2.79. The van der Waals surface area contributed by atoms with E-state index in [1.54, 1.807) is 7.11 Å². The number of likely N-dealkylation sites (N-methyl/N-ethyl adjacent to an activating group) is 1. The van der Waals surface area contributed by atoms with Crippen LogP contribution in [0.4, 0.5) is 5.69 Å². The average molecular weight is 192 g/mol. The van der Waals surface area contributed by atoms with Crippen LogP contribution < -0.4 is 5.73 Å². The highest BCUT2D eigenvalue weighted by Gasteiger charge is 2.24. The number of ether oxygens (including phenoxy) is 1. The average Bonchev–Trinajstić information content (AvgIpc) is 2.17. The Morgan fingerprint density at radius 1 is 1.50 bits per heavy atom. The van der Waals surface area contributed by atoms with Crippen molar-refractivity contribution in [1.82, 2.24) is 4.90 Å². The number of anilines is 1. The zero-order chi connectivity index (χ0) is 10.1. The molecule has 1 aliphatic heterocycles. The lowest BCUT2D eigenvalue weighted by Gasteiger charge is -2.33. The van der Waals surface area contributed by atoms with Gasteiger partial charge in [-0.15, -0.1) is 0 Å². The molecule has 3 heteroatoms. The van der Waals surface area contributed by atoms with Crippen molar-refractivity contribution >= 4 is 5.69 Å². The number of methoxy groups -OCH3 is 1. The highest BCUT2D eigenvalue weighted by atomic mass is 16.5. The van der Waals surface area contributed by atoms with Crippen LogP contribution in [0.1, 0.15) is 17.4 Å². The smallest absolute Gasteiger partial charge is 0.136 e. The lowest BCUT2D eigenvalue weighted by molar-refractivity contribution is -0.0265. The third-order valence-corrected chi connectivity index (χ3v) is 2.79. The highest BCUT2D eigenvalue weighted by Crippen LogP contribution is 2.30. The molecule has 76 valence electrons. The van der Waals surface area contributed by atoms with Gasteiger partial charge in [-0.1, -0.05) is 6.07 Å². The minimum absolute atomic E-state index is 0.0576. The van der Waals surface area contributed by atoms with Gasteiger partial charge in [0.15, 0.2) is 0 Å². The van der Waals surface area contributed by atoms with E-state index in [2.05, 4.69) is 18.0 Å². The number of nitrogens with zero attached hydrogens (tertiary/aromatic N) is 1. The lowest BCUT2D eigenvalue weighted by atomic mass is 9.98. The first-order valence-corrected chi connectivity index (χ1v) is 4.83. The fourth-order valence-corrected chi connectivity index (χ4v) is 2.03. The van der Waals surface area contributed by atoms with Crippen molar-refractivity contribution in [3.05, 3.63) is 29.3 Å². The minimum atomic E-state index is 0.0576. The Kier molecular flexibility index (Phi) is 2.44. The monoisotopic (exact) mass is 192 g/mol. The van der Waals surface area contributed by atoms with Gasteiger partial charge in [0.05, 0.1) is 0 Å². The normalized spacial score (nSPS) is 22.0. The van der Waals surface area contributed by atoms with E-state index < -0.39 is 0 Å². The van der Waals surface area contributed by atoms with Crippen molar-refractivity contribution in [2.45, 2.75) is 12.6 Å². The van der Waals surface area contributed by atoms with E-state index in [9.17, 15) is 0 Å². The van der Waals surface area contributed by atoms with Gasteiger partial charge in [-0.25, -0.2) is 0 Å². The van der Waals surface area contributed by atoms with Gasteiger partial charge in [-0.05, 0) is 31.2 Å². The lowest BCUT2D eigenvalue weighted by Crippen LogP contribution is -2.33. The molecule has 1 aromatic carbocycles. The number of benzene rings is 1. The molecule has 1 unspecified atom stereocenters. The molecule has 0 bridgehead atoms. The quantitative estimate of drug-likeness (QED) is 0.683. The summed E-state index contributed by atoms with van der Waals surface area (Å²) >= 11 is 0. The van der Waals surface area contributed by atoms with Crippen molar-refractivity contribution in [3.8, 4) is 0 Å². The summed E-state index contributed by atoms with van der Waals surface area (Å²) in [6.07, 6.45) is 1.13. The standard InChI is InChI=1S/C11H16N2O/c1-13-6-5-8-3-4-9(12)7-10(8)11(13)14-2/h3-4,7,11H,5-6,12H2,1-2H3. The molecular weight excluding hydrogens is 176 g/mol. The molecule has 0 radical (unpaired) electrons. The first-order valence-electron chi connectivity index (χ1n) is 4.83. The van der Waals surface area contributed by atoms with E-state index in [0.717, 1.165) is 18.7 Å². The molecule has 0 amide bonds. The summed E-state index contributed by atoms with van der Waals surface area (Å²) in [5.41, 5.74) is 9.14. The summed E-state index contributed by atoms with van der Waals surface area (Å²) in [6.45, 7) is 1.04. The van der Waals surface area contributed by atoms with Crippen LogP contribution in [0.2, 0.25) is 0 Å². The summed E-state index contributed by atoms with van der Waals surface area (Å²) in [5.74, 6) is 0. The molecule has 2 rings (SSSR count). The molecule has 0 aliphatic carbocycles. The van der Waals surface area contributed by atoms with Crippen LogP contribution in [0.15, 0.2) is 18.2 Å². The molecule has 3 nitrogen and oxygen atoms in total. The topological polar surface area (TPSA) is 38.5 Å². The largest absolute Gasteiger partial charge is 0.399 e. The summed E-state index contributed by atoms with van der Waals surface area (Å²) in [4.78, 5) is 2.20. The van der Waals surface area contributed by atoms with Crippen molar-refractivity contribution < 1.29 is 4.74 Å². The fourth-order valence-electron chi connectivity index (χ4n) is 2.03. The van der Waals surface area contributed by atoms with Gasteiger partial charge in [0, 0.05) is 24.9 Å². The maximum Gasteiger partial charge on any atom is 0.136 e. The molecule has 0 saturated carbocycles. The van der Waals surface area contributed by atoms with Crippen LogP contribution >= 0.6 is 0 Å². The van der Waals surface area contributed by atoms with Crippen LogP contribution in [-0.4, -0.2) is 25.6 Å². The Labute approximate surface area is 84.5 Å². The molecule has 0 saturated heterocycles. The number of fused-ring (bicyclic) bond motifs is 1. The molecule has 1 aromatic rings. The Balaban J connectivity index is 2.43. The molecule has 2 N–H and O–H groups in total. The van der Waals surface area contributed by atoms with Crippen molar-refractivity contribution in [2.75, 3.05) is 26.4 Å². The number of hydrogen-bond acceptors (Lipinski definition) is 3. The van der Waals surface area contributed by atoms with Gasteiger partial charge in [0.1, 0.15) is 6.23 Å². The zero-order valence-electron chi connectivity index (χ0n) is 8.66. The molecule has 14 heavy (non-hydrogen) atoms. The van der Waals surface area contributed by atoms with Gasteiger partial charge in [-0.3, -0.25) is 4.90 Å². The molecule has 1 heterocycles. The summed E-state index contributed by atoms with van der Waals surface area (Å²) in [7, 11) is 3.81. The second kappa shape index (κ2) is 3.59.